The molecule has 0 fully saturated rings. The minimum Gasteiger partial charge on any atom is -0.361 e. The number of hydrogen-bond acceptors (Lipinski definition) is 4. The van der Waals surface area contributed by atoms with Crippen molar-refractivity contribution in [3.8, 4) is 0 Å². The maximum Gasteiger partial charge on any atom is 0.252 e. The summed E-state index contributed by atoms with van der Waals surface area (Å²) in [5.41, 5.74) is 7.87. The maximum absolute atomic E-state index is 12.8. The number of aromatic nitrogens is 1. The van der Waals surface area contributed by atoms with Crippen LogP contribution in [0.1, 0.15) is 49.6 Å². The molecule has 1 N–H and O–H groups in total. The zero-order valence-electron chi connectivity index (χ0n) is 17.8. The highest BCUT2D eigenvalue weighted by atomic mass is 32.2. The number of thioether (sulfide) groups is 1. The van der Waals surface area contributed by atoms with E-state index in [1.54, 1.807) is 11.8 Å². The molecule has 0 aliphatic heterocycles. The largest absolute Gasteiger partial charge is 0.361 e. The number of hydrogen-bond donors (Lipinski definition) is 1. The van der Waals surface area contributed by atoms with Gasteiger partial charge in [-0.3, -0.25) is 4.79 Å². The number of amides is 1. The number of carbonyl (C=O) groups excluding carboxylic acids is 1. The molecule has 3 aromatic rings. The molecule has 2 aromatic carbocycles. The van der Waals surface area contributed by atoms with Crippen molar-refractivity contribution in [3.05, 3.63) is 81.2 Å². The molecule has 152 valence electrons. The highest BCUT2D eigenvalue weighted by molar-refractivity contribution is 7.98. The molecule has 0 spiro atoms. The van der Waals surface area contributed by atoms with Gasteiger partial charge in [0.15, 0.2) is 0 Å². The monoisotopic (exact) mass is 408 g/mol. The van der Waals surface area contributed by atoms with E-state index < -0.39 is 0 Å². The van der Waals surface area contributed by atoms with Gasteiger partial charge in [0.25, 0.3) is 5.91 Å². The lowest BCUT2D eigenvalue weighted by atomic mass is 9.97. The molecular formula is C24H28N2O2S. The highest BCUT2D eigenvalue weighted by Gasteiger charge is 2.14. The third kappa shape index (κ3) is 5.10. The summed E-state index contributed by atoms with van der Waals surface area (Å²) in [4.78, 5) is 13.8. The van der Waals surface area contributed by atoms with Crippen LogP contribution in [0, 0.1) is 34.6 Å². The number of nitrogens with one attached hydrogen (secondary N) is 1. The van der Waals surface area contributed by atoms with Gasteiger partial charge >= 0.3 is 0 Å². The molecule has 0 saturated carbocycles. The summed E-state index contributed by atoms with van der Waals surface area (Å²) in [5.74, 6) is 1.53. The molecule has 0 aliphatic rings. The first kappa shape index (κ1) is 21.2. The van der Waals surface area contributed by atoms with E-state index in [0.717, 1.165) is 34.1 Å². The van der Waals surface area contributed by atoms with Gasteiger partial charge in [0.05, 0.1) is 11.3 Å². The Labute approximate surface area is 177 Å². The zero-order chi connectivity index (χ0) is 21.0. The summed E-state index contributed by atoms with van der Waals surface area (Å²) < 4.78 is 5.24. The van der Waals surface area contributed by atoms with Crippen LogP contribution in [0.25, 0.3) is 0 Å². The summed E-state index contributed by atoms with van der Waals surface area (Å²) in [6, 6.07) is 12.1. The minimum atomic E-state index is -0.0331. The average Bonchev–Trinajstić information content (AvgIpc) is 3.00. The van der Waals surface area contributed by atoms with Crippen LogP contribution in [0.15, 0.2) is 45.8 Å². The van der Waals surface area contributed by atoms with E-state index in [0.29, 0.717) is 12.1 Å². The molecule has 0 aliphatic carbocycles. The maximum atomic E-state index is 12.8. The van der Waals surface area contributed by atoms with E-state index in [4.69, 9.17) is 4.52 Å². The van der Waals surface area contributed by atoms with Gasteiger partial charge in [-0.1, -0.05) is 35.0 Å². The standard InChI is InChI=1S/C24H28N2O2S/c1-15-12-16(2)20(17(3)13-15)10-11-25-24(27)21-8-6-7-9-23(21)29-14-22-18(4)26-28-19(22)5/h6-9,12-13H,10-11,14H2,1-5H3,(H,25,27). The molecule has 4 nitrogen and oxygen atoms in total. The normalized spacial score (nSPS) is 10.9. The average molecular weight is 409 g/mol. The van der Waals surface area contributed by atoms with Crippen molar-refractivity contribution >= 4 is 17.7 Å². The van der Waals surface area contributed by atoms with Crippen molar-refractivity contribution in [1.82, 2.24) is 10.5 Å². The third-order valence-corrected chi connectivity index (χ3v) is 6.29. The van der Waals surface area contributed by atoms with E-state index in [-0.39, 0.29) is 5.91 Å². The zero-order valence-corrected chi connectivity index (χ0v) is 18.6. The van der Waals surface area contributed by atoms with E-state index in [1.165, 1.54) is 22.3 Å². The molecule has 3 rings (SSSR count). The van der Waals surface area contributed by atoms with Crippen molar-refractivity contribution in [2.24, 2.45) is 0 Å². The summed E-state index contributed by atoms with van der Waals surface area (Å²) >= 11 is 1.64. The Bertz CT molecular complexity index is 981. The molecule has 1 heterocycles. The molecule has 0 atom stereocenters. The van der Waals surface area contributed by atoms with E-state index >= 15 is 0 Å². The smallest absolute Gasteiger partial charge is 0.252 e. The van der Waals surface area contributed by atoms with Gasteiger partial charge in [-0.15, -0.1) is 11.8 Å². The Morgan fingerprint density at radius 3 is 2.38 bits per heavy atom. The number of rotatable bonds is 7. The Kier molecular flexibility index (Phi) is 6.80. The van der Waals surface area contributed by atoms with Crippen molar-refractivity contribution in [1.29, 1.82) is 0 Å². The molecule has 29 heavy (non-hydrogen) atoms. The number of benzene rings is 2. The van der Waals surface area contributed by atoms with E-state index in [1.807, 2.05) is 38.1 Å². The first-order valence-corrected chi connectivity index (χ1v) is 10.8. The molecule has 1 amide bonds. The molecule has 5 heteroatoms. The van der Waals surface area contributed by atoms with Gasteiger partial charge in [-0.25, -0.2) is 0 Å². The number of carbonyl (C=O) groups is 1. The van der Waals surface area contributed by atoms with Crippen molar-refractivity contribution in [2.75, 3.05) is 6.54 Å². The topological polar surface area (TPSA) is 55.1 Å². The molecule has 1 aromatic heterocycles. The Morgan fingerprint density at radius 1 is 1.03 bits per heavy atom. The molecular weight excluding hydrogens is 380 g/mol. The Morgan fingerprint density at radius 2 is 1.72 bits per heavy atom. The van der Waals surface area contributed by atoms with E-state index in [2.05, 4.69) is 43.4 Å². The van der Waals surface area contributed by atoms with Gasteiger partial charge in [0.2, 0.25) is 0 Å². The Balaban J connectivity index is 1.64. The van der Waals surface area contributed by atoms with Gasteiger partial charge in [0, 0.05) is 22.8 Å². The predicted molar refractivity (Wildman–Crippen MR) is 119 cm³/mol. The van der Waals surface area contributed by atoms with Gasteiger partial charge in [-0.2, -0.15) is 0 Å². The summed E-state index contributed by atoms with van der Waals surface area (Å²) in [7, 11) is 0. The van der Waals surface area contributed by atoms with Crippen LogP contribution in [0.4, 0.5) is 0 Å². The number of nitrogens with zero attached hydrogens (tertiary/aromatic N) is 1. The van der Waals surface area contributed by atoms with Gasteiger partial charge < -0.3 is 9.84 Å². The second kappa shape index (κ2) is 9.31. The van der Waals surface area contributed by atoms with Crippen LogP contribution in [0.2, 0.25) is 0 Å². The fourth-order valence-corrected chi connectivity index (χ4v) is 4.84. The molecule has 0 radical (unpaired) electrons. The molecule has 0 bridgehead atoms. The van der Waals surface area contributed by atoms with Crippen molar-refractivity contribution in [3.63, 3.8) is 0 Å². The van der Waals surface area contributed by atoms with Gasteiger partial charge in [0.1, 0.15) is 5.76 Å². The van der Waals surface area contributed by atoms with Crippen LogP contribution < -0.4 is 5.32 Å². The Hall–Kier alpha value is -2.53. The molecule has 0 saturated heterocycles. The summed E-state index contributed by atoms with van der Waals surface area (Å²) in [6.07, 6.45) is 0.831. The number of aryl methyl sites for hydroxylation is 5. The minimum absolute atomic E-state index is 0.0331. The SMILES string of the molecule is Cc1cc(C)c(CCNC(=O)c2ccccc2SCc2c(C)noc2C)c(C)c1. The second-order valence-electron chi connectivity index (χ2n) is 7.47. The van der Waals surface area contributed by atoms with Crippen LogP contribution in [0.3, 0.4) is 0 Å². The van der Waals surface area contributed by atoms with Crippen LogP contribution in [-0.4, -0.2) is 17.6 Å². The summed E-state index contributed by atoms with van der Waals surface area (Å²) in [5, 5.41) is 7.10. The van der Waals surface area contributed by atoms with Crippen LogP contribution in [0.5, 0.6) is 0 Å². The molecule has 0 unspecified atom stereocenters. The second-order valence-corrected chi connectivity index (χ2v) is 8.49. The third-order valence-electron chi connectivity index (χ3n) is 5.19. The highest BCUT2D eigenvalue weighted by Crippen LogP contribution is 2.28. The lowest BCUT2D eigenvalue weighted by Crippen LogP contribution is -2.26. The quantitative estimate of drug-likeness (QED) is 0.526. The fourth-order valence-electron chi connectivity index (χ4n) is 3.64. The summed E-state index contributed by atoms with van der Waals surface area (Å²) in [6.45, 7) is 10.9. The predicted octanol–water partition coefficient (Wildman–Crippen LogP) is 5.48. The van der Waals surface area contributed by atoms with Crippen molar-refractivity contribution < 1.29 is 9.32 Å². The van der Waals surface area contributed by atoms with Crippen LogP contribution >= 0.6 is 11.8 Å². The first-order chi connectivity index (χ1) is 13.9. The lowest BCUT2D eigenvalue weighted by molar-refractivity contribution is 0.0951. The first-order valence-electron chi connectivity index (χ1n) is 9.85. The lowest BCUT2D eigenvalue weighted by Gasteiger charge is -2.13. The van der Waals surface area contributed by atoms with Crippen LogP contribution in [-0.2, 0) is 12.2 Å². The van der Waals surface area contributed by atoms with E-state index in [9.17, 15) is 4.79 Å². The van der Waals surface area contributed by atoms with Crippen molar-refractivity contribution in [2.45, 2.75) is 51.7 Å². The van der Waals surface area contributed by atoms with Gasteiger partial charge in [-0.05, 0) is 69.9 Å². The fraction of sp³-hybridized carbons (Fsp3) is 0.333.